The number of ketones is 1. The van der Waals surface area contributed by atoms with Crippen LogP contribution in [0.1, 0.15) is 47.0 Å². The zero-order valence-electron chi connectivity index (χ0n) is 11.3. The third kappa shape index (κ3) is 7.65. The standard InChI is InChI=1S/C12H21NO5/c1-5-8(14)6-7-9(10(15)16)13-11(17)18-12(2,3)4/h9H,5-7H2,1-4H3,(H,13,17)(H,15,16). The highest BCUT2D eigenvalue weighted by molar-refractivity contribution is 5.82. The number of hydrogen-bond donors (Lipinski definition) is 2. The fourth-order valence-electron chi connectivity index (χ4n) is 1.19. The lowest BCUT2D eigenvalue weighted by Crippen LogP contribution is -2.43. The Morgan fingerprint density at radius 1 is 1.28 bits per heavy atom. The number of Topliss-reactive ketones (excluding diaryl/α,β-unsaturated/α-hetero) is 1. The Morgan fingerprint density at radius 2 is 1.83 bits per heavy atom. The molecule has 0 aromatic heterocycles. The predicted octanol–water partition coefficient (Wildman–Crippen LogP) is 1.72. The molecule has 0 radical (unpaired) electrons. The number of rotatable bonds is 6. The number of amides is 1. The summed E-state index contributed by atoms with van der Waals surface area (Å²) in [6, 6.07) is -1.10. The van der Waals surface area contributed by atoms with E-state index in [0.29, 0.717) is 6.42 Å². The van der Waals surface area contributed by atoms with Crippen LogP contribution in [-0.2, 0) is 14.3 Å². The Bertz CT molecular complexity index is 319. The fraction of sp³-hybridized carbons (Fsp3) is 0.750. The van der Waals surface area contributed by atoms with Crippen molar-refractivity contribution in [2.45, 2.75) is 58.6 Å². The minimum absolute atomic E-state index is 0.0350. The summed E-state index contributed by atoms with van der Waals surface area (Å²) >= 11 is 0. The molecule has 1 unspecified atom stereocenters. The first-order valence-corrected chi connectivity index (χ1v) is 5.89. The van der Waals surface area contributed by atoms with Crippen molar-refractivity contribution in [3.05, 3.63) is 0 Å². The van der Waals surface area contributed by atoms with Gasteiger partial charge in [0, 0.05) is 12.8 Å². The van der Waals surface area contributed by atoms with Gasteiger partial charge in [0.1, 0.15) is 17.4 Å². The number of hydrogen-bond acceptors (Lipinski definition) is 4. The van der Waals surface area contributed by atoms with Crippen LogP contribution >= 0.6 is 0 Å². The second kappa shape index (κ2) is 6.98. The van der Waals surface area contributed by atoms with Crippen LogP contribution in [0.5, 0.6) is 0 Å². The van der Waals surface area contributed by atoms with Gasteiger partial charge in [0.25, 0.3) is 0 Å². The smallest absolute Gasteiger partial charge is 0.408 e. The lowest BCUT2D eigenvalue weighted by atomic mass is 10.1. The molecule has 6 nitrogen and oxygen atoms in total. The van der Waals surface area contributed by atoms with Crippen LogP contribution in [0.2, 0.25) is 0 Å². The molecule has 6 heteroatoms. The van der Waals surface area contributed by atoms with Crippen LogP contribution in [0.3, 0.4) is 0 Å². The van der Waals surface area contributed by atoms with Crippen molar-refractivity contribution >= 4 is 17.8 Å². The third-order valence-electron chi connectivity index (χ3n) is 2.10. The highest BCUT2D eigenvalue weighted by Crippen LogP contribution is 2.08. The molecule has 0 aromatic rings. The zero-order chi connectivity index (χ0) is 14.3. The molecule has 0 aliphatic rings. The van der Waals surface area contributed by atoms with E-state index in [1.165, 1.54) is 0 Å². The van der Waals surface area contributed by atoms with Crippen molar-refractivity contribution in [2.75, 3.05) is 0 Å². The number of carboxylic acid groups (broad SMARTS) is 1. The second-order valence-electron chi connectivity index (χ2n) is 4.97. The molecule has 0 saturated heterocycles. The minimum atomic E-state index is -1.18. The summed E-state index contributed by atoms with van der Waals surface area (Å²) in [5.74, 6) is -1.21. The van der Waals surface area contributed by atoms with Gasteiger partial charge in [-0.15, -0.1) is 0 Å². The van der Waals surface area contributed by atoms with Gasteiger partial charge in [-0.05, 0) is 27.2 Å². The maximum absolute atomic E-state index is 11.4. The number of aliphatic carboxylic acids is 1. The van der Waals surface area contributed by atoms with Gasteiger partial charge in [-0.1, -0.05) is 6.92 Å². The molecule has 2 N–H and O–H groups in total. The van der Waals surface area contributed by atoms with E-state index in [4.69, 9.17) is 9.84 Å². The SMILES string of the molecule is CCC(=O)CCC(NC(=O)OC(C)(C)C)C(=O)O. The topological polar surface area (TPSA) is 92.7 Å². The van der Waals surface area contributed by atoms with Gasteiger partial charge < -0.3 is 15.2 Å². The van der Waals surface area contributed by atoms with Crippen LogP contribution in [0.15, 0.2) is 0 Å². The van der Waals surface area contributed by atoms with Crippen LogP contribution in [0.25, 0.3) is 0 Å². The minimum Gasteiger partial charge on any atom is -0.480 e. The lowest BCUT2D eigenvalue weighted by Gasteiger charge is -2.21. The van der Waals surface area contributed by atoms with E-state index in [-0.39, 0.29) is 18.6 Å². The van der Waals surface area contributed by atoms with Crippen molar-refractivity contribution in [3.8, 4) is 0 Å². The molecule has 0 aliphatic carbocycles. The van der Waals surface area contributed by atoms with E-state index in [2.05, 4.69) is 5.32 Å². The third-order valence-corrected chi connectivity index (χ3v) is 2.10. The molecular weight excluding hydrogens is 238 g/mol. The number of nitrogens with one attached hydrogen (secondary N) is 1. The van der Waals surface area contributed by atoms with Crippen molar-refractivity contribution in [1.82, 2.24) is 5.32 Å². The Balaban J connectivity index is 4.32. The van der Waals surface area contributed by atoms with Crippen LogP contribution < -0.4 is 5.32 Å². The van der Waals surface area contributed by atoms with Gasteiger partial charge in [0.15, 0.2) is 0 Å². The van der Waals surface area contributed by atoms with Gasteiger partial charge in [-0.25, -0.2) is 9.59 Å². The Labute approximate surface area is 107 Å². The first-order valence-electron chi connectivity index (χ1n) is 5.89. The van der Waals surface area contributed by atoms with E-state index in [9.17, 15) is 14.4 Å². The summed E-state index contributed by atoms with van der Waals surface area (Å²) in [6.45, 7) is 6.76. The molecule has 1 atom stereocenters. The first-order chi connectivity index (χ1) is 8.15. The number of carbonyl (C=O) groups excluding carboxylic acids is 2. The number of carboxylic acids is 1. The lowest BCUT2D eigenvalue weighted by molar-refractivity contribution is -0.139. The molecule has 0 aliphatic heterocycles. The zero-order valence-corrected chi connectivity index (χ0v) is 11.3. The molecular formula is C12H21NO5. The molecule has 0 aromatic carbocycles. The molecule has 0 saturated carbocycles. The van der Waals surface area contributed by atoms with E-state index >= 15 is 0 Å². The molecule has 0 fully saturated rings. The summed E-state index contributed by atoms with van der Waals surface area (Å²) in [6.07, 6.45) is -0.234. The number of alkyl carbamates (subject to hydrolysis) is 1. The summed E-state index contributed by atoms with van der Waals surface area (Å²) in [5.41, 5.74) is -0.688. The van der Waals surface area contributed by atoms with E-state index in [0.717, 1.165) is 0 Å². The highest BCUT2D eigenvalue weighted by Gasteiger charge is 2.24. The molecule has 0 bridgehead atoms. The van der Waals surface area contributed by atoms with Gasteiger partial charge in [0.2, 0.25) is 0 Å². The van der Waals surface area contributed by atoms with Crippen LogP contribution in [0.4, 0.5) is 4.79 Å². The fourth-order valence-corrected chi connectivity index (χ4v) is 1.19. The highest BCUT2D eigenvalue weighted by atomic mass is 16.6. The van der Waals surface area contributed by atoms with Crippen molar-refractivity contribution in [3.63, 3.8) is 0 Å². The van der Waals surface area contributed by atoms with Gasteiger partial charge in [-0.2, -0.15) is 0 Å². The predicted molar refractivity (Wildman–Crippen MR) is 65.3 cm³/mol. The van der Waals surface area contributed by atoms with Crippen LogP contribution in [-0.4, -0.2) is 34.6 Å². The average Bonchev–Trinajstić information content (AvgIpc) is 2.20. The number of ether oxygens (including phenoxy) is 1. The maximum Gasteiger partial charge on any atom is 0.408 e. The average molecular weight is 259 g/mol. The molecule has 18 heavy (non-hydrogen) atoms. The van der Waals surface area contributed by atoms with Crippen molar-refractivity contribution in [2.24, 2.45) is 0 Å². The van der Waals surface area contributed by atoms with Gasteiger partial charge >= 0.3 is 12.1 Å². The van der Waals surface area contributed by atoms with Crippen LogP contribution in [0, 0.1) is 0 Å². The number of carbonyl (C=O) groups is 3. The van der Waals surface area contributed by atoms with Crippen molar-refractivity contribution < 1.29 is 24.2 Å². The summed E-state index contributed by atoms with van der Waals surface area (Å²) < 4.78 is 4.95. The Hall–Kier alpha value is -1.59. The normalized spacial score (nSPS) is 12.7. The van der Waals surface area contributed by atoms with E-state index in [1.54, 1.807) is 27.7 Å². The summed E-state index contributed by atoms with van der Waals surface area (Å²) in [7, 11) is 0. The van der Waals surface area contributed by atoms with Crippen molar-refractivity contribution in [1.29, 1.82) is 0 Å². The first kappa shape index (κ1) is 16.4. The monoisotopic (exact) mass is 259 g/mol. The summed E-state index contributed by atoms with van der Waals surface area (Å²) in [5, 5.41) is 11.2. The Kier molecular flexibility index (Phi) is 6.36. The largest absolute Gasteiger partial charge is 0.480 e. The molecule has 0 rings (SSSR count). The van der Waals surface area contributed by atoms with E-state index < -0.39 is 23.7 Å². The maximum atomic E-state index is 11.4. The Morgan fingerprint density at radius 3 is 2.22 bits per heavy atom. The molecule has 0 spiro atoms. The van der Waals surface area contributed by atoms with Gasteiger partial charge in [-0.3, -0.25) is 4.79 Å². The molecule has 1 amide bonds. The van der Waals surface area contributed by atoms with Gasteiger partial charge in [0.05, 0.1) is 0 Å². The van der Waals surface area contributed by atoms with E-state index in [1.807, 2.05) is 0 Å². The molecule has 0 heterocycles. The quantitative estimate of drug-likeness (QED) is 0.757. The summed E-state index contributed by atoms with van der Waals surface area (Å²) in [4.78, 5) is 33.4. The second-order valence-corrected chi connectivity index (χ2v) is 4.97. The molecule has 104 valence electrons.